The van der Waals surface area contributed by atoms with E-state index in [1.807, 2.05) is 12.5 Å². The highest BCUT2D eigenvalue weighted by molar-refractivity contribution is 5.94. The molecule has 1 fully saturated rings. The molecule has 0 bridgehead atoms. The molecule has 1 aliphatic rings. The molecule has 1 rings (SSSR count). The second-order valence-corrected chi connectivity index (χ2v) is 6.37. The Labute approximate surface area is 135 Å². The van der Waals surface area contributed by atoms with Crippen LogP contribution in [0.4, 0.5) is 0 Å². The van der Waals surface area contributed by atoms with Crippen molar-refractivity contribution in [2.45, 2.75) is 38.3 Å². The average molecular weight is 329 g/mol. The zero-order chi connectivity index (χ0) is 17.6. The third-order valence-electron chi connectivity index (χ3n) is 4.15. The summed E-state index contributed by atoms with van der Waals surface area (Å²) in [6.45, 7) is 4.54. The third-order valence-corrected chi connectivity index (χ3v) is 4.15. The summed E-state index contributed by atoms with van der Waals surface area (Å²) in [6, 6.07) is -0.824. The van der Waals surface area contributed by atoms with Crippen molar-refractivity contribution in [3.8, 4) is 0 Å². The molecule has 9 nitrogen and oxygen atoms in total. The molecule has 0 aromatic rings. The number of amides is 3. The smallest absolute Gasteiger partial charge is 0.246 e. The van der Waals surface area contributed by atoms with Gasteiger partial charge in [-0.25, -0.2) is 0 Å². The van der Waals surface area contributed by atoms with Crippen LogP contribution in [0, 0.1) is 5.92 Å². The maximum Gasteiger partial charge on any atom is 0.246 e. The fraction of sp³-hybridized carbons (Fsp3) is 0.786. The molecule has 23 heavy (non-hydrogen) atoms. The second-order valence-electron chi connectivity index (χ2n) is 6.37. The van der Waals surface area contributed by atoms with E-state index in [1.165, 1.54) is 0 Å². The van der Waals surface area contributed by atoms with E-state index in [-0.39, 0.29) is 12.5 Å². The number of hydroxylamine groups is 1. The van der Waals surface area contributed by atoms with E-state index in [0.29, 0.717) is 25.9 Å². The van der Waals surface area contributed by atoms with E-state index in [4.69, 9.17) is 10.9 Å². The van der Waals surface area contributed by atoms with Gasteiger partial charge >= 0.3 is 0 Å². The Morgan fingerprint density at radius 1 is 1.26 bits per heavy atom. The number of carbonyl (C=O) groups excluding carboxylic acids is 3. The zero-order valence-corrected chi connectivity index (χ0v) is 13.9. The van der Waals surface area contributed by atoms with E-state index < -0.39 is 29.3 Å². The van der Waals surface area contributed by atoms with Crippen LogP contribution in [0.5, 0.6) is 0 Å². The summed E-state index contributed by atoms with van der Waals surface area (Å²) < 4.78 is 0. The topological polar surface area (TPSA) is 137 Å². The van der Waals surface area contributed by atoms with Crippen LogP contribution in [0.1, 0.15) is 26.7 Å². The number of nitrogens with one attached hydrogen (secondary N) is 3. The number of nitrogens with two attached hydrogens (primary N) is 1. The lowest BCUT2D eigenvalue weighted by Crippen LogP contribution is -2.65. The minimum absolute atomic E-state index is 0.156. The van der Waals surface area contributed by atoms with E-state index in [2.05, 4.69) is 15.5 Å². The van der Waals surface area contributed by atoms with E-state index in [0.717, 1.165) is 0 Å². The van der Waals surface area contributed by atoms with Crippen molar-refractivity contribution in [1.82, 2.24) is 21.0 Å². The van der Waals surface area contributed by atoms with Crippen LogP contribution in [0.15, 0.2) is 0 Å². The molecule has 1 atom stereocenters. The van der Waals surface area contributed by atoms with Gasteiger partial charge in [-0.1, -0.05) is 13.8 Å². The van der Waals surface area contributed by atoms with Crippen LogP contribution < -0.4 is 21.8 Å². The molecule has 0 aromatic carbocycles. The highest BCUT2D eigenvalue weighted by Gasteiger charge is 2.43. The quantitative estimate of drug-likeness (QED) is 0.349. The Morgan fingerprint density at radius 2 is 1.83 bits per heavy atom. The molecule has 132 valence electrons. The molecule has 0 aromatic heterocycles. The number of hydrogen-bond acceptors (Lipinski definition) is 6. The molecule has 0 saturated carbocycles. The first-order chi connectivity index (χ1) is 10.7. The molecule has 0 radical (unpaired) electrons. The third kappa shape index (κ3) is 5.15. The molecule has 0 aliphatic carbocycles. The summed E-state index contributed by atoms with van der Waals surface area (Å²) in [7, 11) is 1.93. The van der Waals surface area contributed by atoms with Gasteiger partial charge in [0.2, 0.25) is 17.7 Å². The summed E-state index contributed by atoms with van der Waals surface area (Å²) in [5.74, 6) is -1.69. The van der Waals surface area contributed by atoms with Crippen molar-refractivity contribution in [2.75, 3.05) is 26.7 Å². The normalized spacial score (nSPS) is 19.2. The van der Waals surface area contributed by atoms with Gasteiger partial charge in [0, 0.05) is 13.1 Å². The number of carbonyl (C=O) groups is 3. The van der Waals surface area contributed by atoms with Crippen molar-refractivity contribution in [3.05, 3.63) is 0 Å². The van der Waals surface area contributed by atoms with E-state index >= 15 is 0 Å². The van der Waals surface area contributed by atoms with Crippen molar-refractivity contribution < 1.29 is 19.6 Å². The lowest BCUT2D eigenvalue weighted by Gasteiger charge is -2.40. The summed E-state index contributed by atoms with van der Waals surface area (Å²) in [5.41, 5.74) is 5.92. The number of likely N-dealkylation sites (tertiary alicyclic amines) is 1. The molecule has 1 aliphatic heterocycles. The SMILES string of the molecule is CC(C)[C@H](NO)C(=O)NC1(C(=O)NCC(N)=O)CCN(C)CC1. The Balaban J connectivity index is 2.89. The number of rotatable bonds is 7. The largest absolute Gasteiger partial charge is 0.368 e. The van der Waals surface area contributed by atoms with E-state index in [1.54, 1.807) is 13.8 Å². The standard InChI is InChI=1S/C14H27N5O4/c1-9(2)11(18-23)12(21)17-14(4-6-19(3)7-5-14)13(22)16-8-10(15)20/h9,11,18,23H,4-8H2,1-3H3,(H2,15,20)(H,16,22)(H,17,21)/t11-/m0/s1. The van der Waals surface area contributed by atoms with Gasteiger partial charge in [0.15, 0.2) is 0 Å². The molecule has 3 amide bonds. The number of primary amides is 1. The highest BCUT2D eigenvalue weighted by Crippen LogP contribution is 2.22. The van der Waals surface area contributed by atoms with Gasteiger partial charge in [-0.3, -0.25) is 14.4 Å². The summed E-state index contributed by atoms with van der Waals surface area (Å²) in [4.78, 5) is 37.8. The summed E-state index contributed by atoms with van der Waals surface area (Å²) in [6.07, 6.45) is 0.826. The molecule has 9 heteroatoms. The Morgan fingerprint density at radius 3 is 2.26 bits per heavy atom. The van der Waals surface area contributed by atoms with Crippen LogP contribution >= 0.6 is 0 Å². The van der Waals surface area contributed by atoms with Crippen LogP contribution in [0.25, 0.3) is 0 Å². The second kappa shape index (κ2) is 8.23. The van der Waals surface area contributed by atoms with Crippen LogP contribution in [0.3, 0.4) is 0 Å². The van der Waals surface area contributed by atoms with E-state index in [9.17, 15) is 14.4 Å². The minimum atomic E-state index is -1.11. The Hall–Kier alpha value is -1.71. The predicted octanol–water partition coefficient (Wildman–Crippen LogP) is -1.83. The fourth-order valence-corrected chi connectivity index (χ4v) is 2.57. The Bertz CT molecular complexity index is 446. The summed E-state index contributed by atoms with van der Waals surface area (Å²) in [5, 5.41) is 14.4. The van der Waals surface area contributed by atoms with Crippen LogP contribution in [-0.4, -0.2) is 66.1 Å². The van der Waals surface area contributed by atoms with Gasteiger partial charge < -0.3 is 26.5 Å². The van der Waals surface area contributed by atoms with Gasteiger partial charge in [0.1, 0.15) is 11.6 Å². The zero-order valence-electron chi connectivity index (χ0n) is 13.9. The molecule has 1 saturated heterocycles. The molecule has 6 N–H and O–H groups in total. The first kappa shape index (κ1) is 19.3. The van der Waals surface area contributed by atoms with Gasteiger partial charge in [0.05, 0.1) is 6.54 Å². The molecular weight excluding hydrogens is 302 g/mol. The molecule has 1 heterocycles. The first-order valence-electron chi connectivity index (χ1n) is 7.68. The maximum atomic E-state index is 12.5. The van der Waals surface area contributed by atoms with Gasteiger partial charge in [-0.15, -0.1) is 0 Å². The first-order valence-corrected chi connectivity index (χ1v) is 7.68. The lowest BCUT2D eigenvalue weighted by atomic mass is 9.85. The highest BCUT2D eigenvalue weighted by atomic mass is 16.5. The summed E-state index contributed by atoms with van der Waals surface area (Å²) >= 11 is 0. The fourth-order valence-electron chi connectivity index (χ4n) is 2.57. The molecular formula is C14H27N5O4. The molecule has 0 unspecified atom stereocenters. The Kier molecular flexibility index (Phi) is 6.92. The maximum absolute atomic E-state index is 12.5. The number of nitrogens with zero attached hydrogens (tertiary/aromatic N) is 1. The van der Waals surface area contributed by atoms with Gasteiger partial charge in [-0.05, 0) is 25.8 Å². The predicted molar refractivity (Wildman–Crippen MR) is 83.4 cm³/mol. The van der Waals surface area contributed by atoms with Crippen LogP contribution in [0.2, 0.25) is 0 Å². The monoisotopic (exact) mass is 329 g/mol. The number of hydrogen-bond donors (Lipinski definition) is 5. The van der Waals surface area contributed by atoms with Crippen molar-refractivity contribution in [2.24, 2.45) is 11.7 Å². The lowest BCUT2D eigenvalue weighted by molar-refractivity contribution is -0.138. The van der Waals surface area contributed by atoms with Crippen molar-refractivity contribution >= 4 is 17.7 Å². The van der Waals surface area contributed by atoms with Crippen LogP contribution in [-0.2, 0) is 14.4 Å². The van der Waals surface area contributed by atoms with Gasteiger partial charge in [0.25, 0.3) is 0 Å². The van der Waals surface area contributed by atoms with Crippen molar-refractivity contribution in [1.29, 1.82) is 0 Å². The van der Waals surface area contributed by atoms with Gasteiger partial charge in [-0.2, -0.15) is 5.48 Å². The number of piperidine rings is 1. The van der Waals surface area contributed by atoms with Crippen molar-refractivity contribution in [3.63, 3.8) is 0 Å². The average Bonchev–Trinajstić information content (AvgIpc) is 2.47. The molecule has 0 spiro atoms. The minimum Gasteiger partial charge on any atom is -0.368 e.